The van der Waals surface area contributed by atoms with Gasteiger partial charge in [-0.1, -0.05) is 13.8 Å². The van der Waals surface area contributed by atoms with Crippen LogP contribution in [0.25, 0.3) is 0 Å². The molecular formula is C9H16O. The lowest BCUT2D eigenvalue weighted by Crippen LogP contribution is -2.22. The minimum atomic E-state index is 0.0463. The molecule has 2 fully saturated rings. The fourth-order valence-corrected chi connectivity index (χ4v) is 2.43. The molecule has 0 radical (unpaired) electrons. The minimum Gasteiger partial charge on any atom is -0.393 e. The Hall–Kier alpha value is -0.0400. The Balaban J connectivity index is 2.00. The lowest BCUT2D eigenvalue weighted by molar-refractivity contribution is 0.0841. The molecule has 0 aromatic carbocycles. The molecule has 0 bridgehead atoms. The Morgan fingerprint density at radius 3 is 2.30 bits per heavy atom. The van der Waals surface area contributed by atoms with Gasteiger partial charge in [0.25, 0.3) is 0 Å². The van der Waals surface area contributed by atoms with Crippen LogP contribution in [0.4, 0.5) is 0 Å². The highest BCUT2D eigenvalue weighted by Crippen LogP contribution is 2.56. The largest absolute Gasteiger partial charge is 0.393 e. The second-order valence-corrected chi connectivity index (χ2v) is 4.29. The van der Waals surface area contributed by atoms with E-state index in [1.807, 2.05) is 0 Å². The summed E-state index contributed by atoms with van der Waals surface area (Å²) >= 11 is 0. The van der Waals surface area contributed by atoms with Crippen LogP contribution in [0.15, 0.2) is 0 Å². The van der Waals surface area contributed by atoms with Gasteiger partial charge < -0.3 is 5.11 Å². The van der Waals surface area contributed by atoms with Crippen molar-refractivity contribution in [1.82, 2.24) is 0 Å². The summed E-state index contributed by atoms with van der Waals surface area (Å²) in [6.45, 7) is 4.44. The van der Waals surface area contributed by atoms with Crippen LogP contribution in [-0.4, -0.2) is 11.2 Å². The van der Waals surface area contributed by atoms with E-state index in [4.69, 9.17) is 0 Å². The molecule has 2 saturated carbocycles. The normalized spacial score (nSPS) is 51.6. The van der Waals surface area contributed by atoms with E-state index in [1.54, 1.807) is 0 Å². The Labute approximate surface area is 62.4 Å². The Kier molecular flexibility index (Phi) is 1.31. The molecule has 4 atom stereocenters. The van der Waals surface area contributed by atoms with Gasteiger partial charge in [0.2, 0.25) is 0 Å². The third-order valence-corrected chi connectivity index (χ3v) is 3.29. The molecule has 1 nitrogen and oxygen atoms in total. The fourth-order valence-electron chi connectivity index (χ4n) is 2.43. The average Bonchev–Trinajstić information content (AvgIpc) is 2.54. The standard InChI is InChI=1S/C9H16O/c1-5(2)7-3-6-4-8(6)9(7)10/h5-10H,3-4H2,1-2H3. The minimum absolute atomic E-state index is 0.0463. The van der Waals surface area contributed by atoms with Gasteiger partial charge in [0.05, 0.1) is 6.10 Å². The molecule has 0 heterocycles. The number of rotatable bonds is 1. The predicted molar refractivity (Wildman–Crippen MR) is 40.5 cm³/mol. The zero-order chi connectivity index (χ0) is 7.30. The lowest BCUT2D eigenvalue weighted by Gasteiger charge is -2.20. The Bertz CT molecular complexity index is 142. The molecule has 0 amide bonds. The average molecular weight is 140 g/mol. The maximum atomic E-state index is 9.67. The van der Waals surface area contributed by atoms with E-state index in [1.165, 1.54) is 12.8 Å². The van der Waals surface area contributed by atoms with Gasteiger partial charge in [0.15, 0.2) is 0 Å². The maximum absolute atomic E-state index is 9.67. The van der Waals surface area contributed by atoms with Crippen LogP contribution in [0.3, 0.4) is 0 Å². The fraction of sp³-hybridized carbons (Fsp3) is 1.00. The van der Waals surface area contributed by atoms with Crippen molar-refractivity contribution >= 4 is 0 Å². The first kappa shape index (κ1) is 6.66. The molecule has 2 aliphatic carbocycles. The molecule has 0 saturated heterocycles. The van der Waals surface area contributed by atoms with E-state index in [0.29, 0.717) is 17.8 Å². The van der Waals surface area contributed by atoms with E-state index in [9.17, 15) is 5.11 Å². The van der Waals surface area contributed by atoms with Crippen LogP contribution < -0.4 is 0 Å². The second kappa shape index (κ2) is 1.97. The second-order valence-electron chi connectivity index (χ2n) is 4.29. The van der Waals surface area contributed by atoms with Gasteiger partial charge in [-0.15, -0.1) is 0 Å². The summed E-state index contributed by atoms with van der Waals surface area (Å²) in [4.78, 5) is 0. The quantitative estimate of drug-likeness (QED) is 0.587. The first-order valence-electron chi connectivity index (χ1n) is 4.38. The van der Waals surface area contributed by atoms with Crippen molar-refractivity contribution in [2.75, 3.05) is 0 Å². The molecule has 0 aromatic rings. The summed E-state index contributed by atoms with van der Waals surface area (Å²) in [7, 11) is 0. The molecule has 10 heavy (non-hydrogen) atoms. The van der Waals surface area contributed by atoms with E-state index in [2.05, 4.69) is 13.8 Å². The molecule has 2 rings (SSSR count). The van der Waals surface area contributed by atoms with E-state index in [-0.39, 0.29) is 6.10 Å². The topological polar surface area (TPSA) is 20.2 Å². The molecule has 0 aliphatic heterocycles. The Morgan fingerprint density at radius 2 is 2.00 bits per heavy atom. The summed E-state index contributed by atoms with van der Waals surface area (Å²) in [6.07, 6.45) is 2.65. The highest BCUT2D eigenvalue weighted by atomic mass is 16.3. The van der Waals surface area contributed by atoms with Crippen LogP contribution in [-0.2, 0) is 0 Å². The highest BCUT2D eigenvalue weighted by molar-refractivity contribution is 5.02. The smallest absolute Gasteiger partial charge is 0.0601 e. The molecular weight excluding hydrogens is 124 g/mol. The molecule has 1 heteroatoms. The summed E-state index contributed by atoms with van der Waals surface area (Å²) in [5.74, 6) is 2.90. The van der Waals surface area contributed by atoms with E-state index in [0.717, 1.165) is 5.92 Å². The lowest BCUT2D eigenvalue weighted by atomic mass is 9.89. The van der Waals surface area contributed by atoms with Gasteiger partial charge in [-0.2, -0.15) is 0 Å². The SMILES string of the molecule is CC(C)C1CC2CC2C1O. The highest BCUT2D eigenvalue weighted by Gasteiger charge is 2.53. The van der Waals surface area contributed by atoms with E-state index >= 15 is 0 Å². The molecule has 0 spiro atoms. The summed E-state index contributed by atoms with van der Waals surface area (Å²) < 4.78 is 0. The number of hydrogen-bond donors (Lipinski definition) is 1. The van der Waals surface area contributed by atoms with Crippen molar-refractivity contribution in [2.24, 2.45) is 23.7 Å². The van der Waals surface area contributed by atoms with Crippen molar-refractivity contribution < 1.29 is 5.11 Å². The summed E-state index contributed by atoms with van der Waals surface area (Å²) in [5, 5.41) is 9.67. The summed E-state index contributed by atoms with van der Waals surface area (Å²) in [5.41, 5.74) is 0. The molecule has 4 unspecified atom stereocenters. The van der Waals surface area contributed by atoms with Gasteiger partial charge in [-0.25, -0.2) is 0 Å². The van der Waals surface area contributed by atoms with Crippen molar-refractivity contribution in [2.45, 2.75) is 32.8 Å². The van der Waals surface area contributed by atoms with Gasteiger partial charge in [0.1, 0.15) is 0 Å². The zero-order valence-electron chi connectivity index (χ0n) is 6.75. The molecule has 58 valence electrons. The molecule has 1 N–H and O–H groups in total. The van der Waals surface area contributed by atoms with Gasteiger partial charge in [0, 0.05) is 0 Å². The first-order chi connectivity index (χ1) is 4.70. The monoisotopic (exact) mass is 140 g/mol. The van der Waals surface area contributed by atoms with Crippen molar-refractivity contribution in [3.8, 4) is 0 Å². The number of hydrogen-bond acceptors (Lipinski definition) is 1. The number of aliphatic hydroxyl groups excluding tert-OH is 1. The van der Waals surface area contributed by atoms with Crippen LogP contribution in [0.1, 0.15) is 26.7 Å². The van der Waals surface area contributed by atoms with Crippen molar-refractivity contribution in [1.29, 1.82) is 0 Å². The third-order valence-electron chi connectivity index (χ3n) is 3.29. The Morgan fingerprint density at radius 1 is 1.30 bits per heavy atom. The van der Waals surface area contributed by atoms with Crippen molar-refractivity contribution in [3.05, 3.63) is 0 Å². The van der Waals surface area contributed by atoms with Gasteiger partial charge in [-0.05, 0) is 36.5 Å². The third kappa shape index (κ3) is 0.800. The zero-order valence-corrected chi connectivity index (χ0v) is 6.75. The van der Waals surface area contributed by atoms with Crippen LogP contribution in [0.5, 0.6) is 0 Å². The molecule has 0 aromatic heterocycles. The first-order valence-corrected chi connectivity index (χ1v) is 4.38. The maximum Gasteiger partial charge on any atom is 0.0601 e. The van der Waals surface area contributed by atoms with Gasteiger partial charge >= 0.3 is 0 Å². The van der Waals surface area contributed by atoms with Gasteiger partial charge in [-0.3, -0.25) is 0 Å². The predicted octanol–water partition coefficient (Wildman–Crippen LogP) is 1.66. The van der Waals surface area contributed by atoms with Crippen LogP contribution in [0.2, 0.25) is 0 Å². The van der Waals surface area contributed by atoms with Crippen LogP contribution >= 0.6 is 0 Å². The number of aliphatic hydroxyl groups is 1. The van der Waals surface area contributed by atoms with E-state index < -0.39 is 0 Å². The number of fused-ring (bicyclic) bond motifs is 1. The molecule has 2 aliphatic rings. The summed E-state index contributed by atoms with van der Waals surface area (Å²) in [6, 6.07) is 0. The van der Waals surface area contributed by atoms with Crippen LogP contribution in [0, 0.1) is 23.7 Å². The van der Waals surface area contributed by atoms with Crippen molar-refractivity contribution in [3.63, 3.8) is 0 Å².